The van der Waals surface area contributed by atoms with Crippen LogP contribution < -0.4 is 5.56 Å². The van der Waals surface area contributed by atoms with Crippen molar-refractivity contribution >= 4 is 28.0 Å². The molecule has 3 heterocycles. The van der Waals surface area contributed by atoms with Gasteiger partial charge in [0.25, 0.3) is 5.56 Å². The van der Waals surface area contributed by atoms with E-state index in [4.69, 9.17) is 4.42 Å². The third-order valence-electron chi connectivity index (χ3n) is 5.13. The lowest BCUT2D eigenvalue weighted by molar-refractivity contribution is 0.0970. The van der Waals surface area contributed by atoms with Crippen molar-refractivity contribution in [1.29, 1.82) is 0 Å². The fraction of sp³-hybridized carbons (Fsp3) is 0.238. The molecule has 6 heteroatoms. The monoisotopic (exact) mass is 359 g/mol. The number of furan rings is 1. The van der Waals surface area contributed by atoms with Gasteiger partial charge in [0.05, 0.1) is 18.3 Å². The van der Waals surface area contributed by atoms with Crippen LogP contribution in [0.2, 0.25) is 0 Å². The average molecular weight is 359 g/mol. The van der Waals surface area contributed by atoms with Gasteiger partial charge >= 0.3 is 0 Å². The topological polar surface area (TPSA) is 78.0 Å². The van der Waals surface area contributed by atoms with Crippen LogP contribution in [-0.4, -0.2) is 20.3 Å². The summed E-state index contributed by atoms with van der Waals surface area (Å²) in [6.07, 6.45) is 5.62. The van der Waals surface area contributed by atoms with Crippen LogP contribution in [0.5, 0.6) is 0 Å². The zero-order valence-electron chi connectivity index (χ0n) is 14.6. The first-order valence-electron chi connectivity index (χ1n) is 9.09. The van der Waals surface area contributed by atoms with Gasteiger partial charge in [0.15, 0.2) is 5.78 Å². The highest BCUT2D eigenvalue weighted by molar-refractivity contribution is 6.01. The zero-order valence-corrected chi connectivity index (χ0v) is 14.6. The smallest absolute Gasteiger partial charge is 0.297 e. The van der Waals surface area contributed by atoms with Crippen LogP contribution >= 0.6 is 0 Å². The Morgan fingerprint density at radius 2 is 1.96 bits per heavy atom. The van der Waals surface area contributed by atoms with E-state index in [0.717, 1.165) is 36.8 Å². The van der Waals surface area contributed by atoms with Crippen LogP contribution in [0.3, 0.4) is 0 Å². The molecule has 0 bridgehead atoms. The minimum atomic E-state index is -0.361. The Hall–Kier alpha value is -3.28. The Kier molecular flexibility index (Phi) is 3.63. The van der Waals surface area contributed by atoms with Gasteiger partial charge in [0.1, 0.15) is 5.52 Å². The van der Waals surface area contributed by atoms with Gasteiger partial charge in [-0.05, 0) is 37.3 Å². The number of fused-ring (bicyclic) bond motifs is 4. The summed E-state index contributed by atoms with van der Waals surface area (Å²) < 4.78 is 7.05. The normalized spacial score (nSPS) is 13.8. The van der Waals surface area contributed by atoms with Crippen molar-refractivity contribution in [3.8, 4) is 0 Å². The highest BCUT2D eigenvalue weighted by Gasteiger charge is 2.19. The first-order valence-corrected chi connectivity index (χ1v) is 9.09. The summed E-state index contributed by atoms with van der Waals surface area (Å²) in [6, 6.07) is 10.9. The Balaban J connectivity index is 1.60. The minimum Gasteiger partial charge on any atom is -0.430 e. The lowest BCUT2D eigenvalue weighted by Gasteiger charge is -2.13. The summed E-state index contributed by atoms with van der Waals surface area (Å²) >= 11 is 0. The van der Waals surface area contributed by atoms with Crippen molar-refractivity contribution in [3.05, 3.63) is 69.9 Å². The second kappa shape index (κ2) is 6.16. The van der Waals surface area contributed by atoms with Crippen LogP contribution in [0, 0.1) is 0 Å². The predicted molar refractivity (Wildman–Crippen MR) is 101 cm³/mol. The van der Waals surface area contributed by atoms with Crippen LogP contribution in [-0.2, 0) is 19.4 Å². The lowest BCUT2D eigenvalue weighted by atomic mass is 9.95. The molecule has 27 heavy (non-hydrogen) atoms. The number of hydrogen-bond acceptors (Lipinski definition) is 5. The SMILES string of the molecule is O=C(Cn1cnc2c(oc3nc4c(cc32)CCCC4)c1=O)c1ccccc1. The van der Waals surface area contributed by atoms with Gasteiger partial charge in [-0.2, -0.15) is 0 Å². The number of aromatic nitrogens is 3. The molecule has 0 radical (unpaired) electrons. The van der Waals surface area contributed by atoms with Gasteiger partial charge in [-0.3, -0.25) is 14.2 Å². The maximum Gasteiger partial charge on any atom is 0.297 e. The zero-order chi connectivity index (χ0) is 18.4. The molecule has 0 atom stereocenters. The van der Waals surface area contributed by atoms with Gasteiger partial charge in [-0.25, -0.2) is 9.97 Å². The van der Waals surface area contributed by atoms with E-state index in [2.05, 4.69) is 16.0 Å². The molecule has 3 aromatic heterocycles. The van der Waals surface area contributed by atoms with E-state index in [9.17, 15) is 9.59 Å². The van der Waals surface area contributed by atoms with Crippen LogP contribution in [0.1, 0.15) is 34.5 Å². The minimum absolute atomic E-state index is 0.0766. The van der Waals surface area contributed by atoms with E-state index in [-0.39, 0.29) is 23.5 Å². The Morgan fingerprint density at radius 3 is 2.81 bits per heavy atom. The van der Waals surface area contributed by atoms with E-state index in [1.807, 2.05) is 6.07 Å². The highest BCUT2D eigenvalue weighted by Crippen LogP contribution is 2.29. The number of nitrogens with zero attached hydrogens (tertiary/aromatic N) is 3. The number of carbonyl (C=O) groups is 1. The van der Waals surface area contributed by atoms with E-state index < -0.39 is 0 Å². The van der Waals surface area contributed by atoms with Crippen molar-refractivity contribution in [2.24, 2.45) is 0 Å². The van der Waals surface area contributed by atoms with Gasteiger partial charge in [-0.1, -0.05) is 30.3 Å². The second-order valence-corrected chi connectivity index (χ2v) is 6.90. The molecule has 0 fully saturated rings. The molecule has 4 aromatic rings. The van der Waals surface area contributed by atoms with Crippen LogP contribution in [0.4, 0.5) is 0 Å². The molecule has 134 valence electrons. The number of aryl methyl sites for hydroxylation is 2. The number of rotatable bonds is 3. The summed E-state index contributed by atoms with van der Waals surface area (Å²) in [6.45, 7) is -0.0766. The standard InChI is InChI=1S/C21H17N3O3/c25-17(13-6-2-1-3-7-13)11-24-12-22-18-15-10-14-8-4-5-9-16(14)23-20(15)27-19(18)21(24)26/h1-3,6-7,10,12H,4-5,8-9,11H2. The molecule has 0 spiro atoms. The molecule has 0 aliphatic heterocycles. The van der Waals surface area contributed by atoms with Crippen molar-refractivity contribution in [3.63, 3.8) is 0 Å². The summed E-state index contributed by atoms with van der Waals surface area (Å²) in [5.41, 5.74) is 3.57. The first-order chi connectivity index (χ1) is 13.2. The molecule has 0 saturated carbocycles. The fourth-order valence-electron chi connectivity index (χ4n) is 3.70. The van der Waals surface area contributed by atoms with E-state index in [1.165, 1.54) is 16.5 Å². The third-order valence-corrected chi connectivity index (χ3v) is 5.13. The second-order valence-electron chi connectivity index (χ2n) is 6.90. The number of Topliss-reactive ketones (excluding diaryl/α,β-unsaturated/α-hetero) is 1. The molecular formula is C21H17N3O3. The average Bonchev–Trinajstić information content (AvgIpc) is 3.07. The molecule has 6 nitrogen and oxygen atoms in total. The quantitative estimate of drug-likeness (QED) is 0.525. The highest BCUT2D eigenvalue weighted by atomic mass is 16.3. The third kappa shape index (κ3) is 2.65. The van der Waals surface area contributed by atoms with Crippen LogP contribution in [0.15, 0.2) is 51.9 Å². The number of pyridine rings is 1. The largest absolute Gasteiger partial charge is 0.430 e. The Bertz CT molecular complexity index is 1240. The number of carbonyl (C=O) groups excluding carboxylic acids is 1. The number of hydrogen-bond donors (Lipinski definition) is 0. The summed E-state index contributed by atoms with van der Waals surface area (Å²) in [5, 5.41) is 0.768. The molecule has 0 amide bonds. The van der Waals surface area contributed by atoms with Gasteiger partial charge in [0, 0.05) is 11.3 Å². The van der Waals surface area contributed by atoms with E-state index in [0.29, 0.717) is 16.8 Å². The molecule has 5 rings (SSSR count). The molecule has 1 aliphatic carbocycles. The maximum atomic E-state index is 12.8. The molecular weight excluding hydrogens is 342 g/mol. The fourth-order valence-corrected chi connectivity index (χ4v) is 3.70. The summed E-state index contributed by atoms with van der Waals surface area (Å²) in [5.74, 6) is -0.149. The van der Waals surface area contributed by atoms with E-state index in [1.54, 1.807) is 24.3 Å². The van der Waals surface area contributed by atoms with Crippen molar-refractivity contribution in [2.75, 3.05) is 0 Å². The molecule has 0 saturated heterocycles. The van der Waals surface area contributed by atoms with Gasteiger partial charge in [0.2, 0.25) is 11.3 Å². The molecule has 1 aliphatic rings. The molecule has 0 N–H and O–H groups in total. The van der Waals surface area contributed by atoms with Crippen molar-refractivity contribution < 1.29 is 9.21 Å². The van der Waals surface area contributed by atoms with Gasteiger partial charge < -0.3 is 4.42 Å². The predicted octanol–water partition coefficient (Wildman–Crippen LogP) is 3.30. The van der Waals surface area contributed by atoms with E-state index >= 15 is 0 Å². The number of benzene rings is 1. The summed E-state index contributed by atoms with van der Waals surface area (Å²) in [7, 11) is 0. The molecule has 0 unspecified atom stereocenters. The van der Waals surface area contributed by atoms with Gasteiger partial charge in [-0.15, -0.1) is 0 Å². The lowest BCUT2D eigenvalue weighted by Crippen LogP contribution is -2.24. The Morgan fingerprint density at radius 1 is 1.15 bits per heavy atom. The van der Waals surface area contributed by atoms with Crippen LogP contribution in [0.25, 0.3) is 22.2 Å². The first kappa shape index (κ1) is 15.9. The van der Waals surface area contributed by atoms with Crippen molar-refractivity contribution in [2.45, 2.75) is 32.2 Å². The van der Waals surface area contributed by atoms with Crippen molar-refractivity contribution in [1.82, 2.24) is 14.5 Å². The number of ketones is 1. The Labute approximate surface area is 154 Å². The maximum absolute atomic E-state index is 12.8. The molecule has 1 aromatic carbocycles. The summed E-state index contributed by atoms with van der Waals surface area (Å²) in [4.78, 5) is 34.3.